The summed E-state index contributed by atoms with van der Waals surface area (Å²) in [5, 5.41) is 17.1. The molecular weight excluding hydrogens is 1180 g/mol. The summed E-state index contributed by atoms with van der Waals surface area (Å²) in [5.74, 6) is 4.36. The number of nitro groups is 1. The number of benzene rings is 2. The van der Waals surface area contributed by atoms with Gasteiger partial charge in [-0.25, -0.2) is 15.0 Å². The van der Waals surface area contributed by atoms with Gasteiger partial charge < -0.3 is 40.9 Å². The molecule has 1 amide bonds. The summed E-state index contributed by atoms with van der Waals surface area (Å²) in [7, 11) is 0. The number of pyridine rings is 3. The van der Waals surface area contributed by atoms with E-state index in [-0.39, 0.29) is 31.6 Å². The van der Waals surface area contributed by atoms with Crippen LogP contribution in [0.4, 0.5) is 28.7 Å². The molecule has 6 aliphatic heterocycles. The first-order valence-corrected chi connectivity index (χ1v) is 32.7. The number of likely N-dealkylation sites (tertiary alicyclic amines) is 3. The molecule has 87 heavy (non-hydrogen) atoms. The predicted octanol–water partition coefficient (Wildman–Crippen LogP) is 15.3. The smallest absolute Gasteiger partial charge is 0.306 e. The number of rotatable bonds is 15. The maximum absolute atomic E-state index is 12.7. The van der Waals surface area contributed by atoms with Crippen molar-refractivity contribution in [3.8, 4) is 0 Å². The molecule has 478 valence electrons. The minimum atomic E-state index is -0.574. The van der Waals surface area contributed by atoms with Gasteiger partial charge in [0.1, 0.15) is 0 Å². The minimum absolute atomic E-state index is 0. The molecule has 6 aliphatic rings. The van der Waals surface area contributed by atoms with Crippen molar-refractivity contribution in [3.05, 3.63) is 140 Å². The molecule has 0 spiro atoms. The second kappa shape index (κ2) is 40.5. The zero-order valence-electron chi connectivity index (χ0n) is 49.6. The van der Waals surface area contributed by atoms with Crippen LogP contribution in [0.5, 0.6) is 0 Å². The lowest BCUT2D eigenvalue weighted by Gasteiger charge is -2.35. The van der Waals surface area contributed by atoms with Gasteiger partial charge in [-0.2, -0.15) is 0 Å². The van der Waals surface area contributed by atoms with Crippen LogP contribution in [0.3, 0.4) is 0 Å². The van der Waals surface area contributed by atoms with Crippen LogP contribution in [-0.2, 0) is 0 Å². The Morgan fingerprint density at radius 2 is 0.977 bits per heavy atom. The molecule has 0 saturated carbocycles. The largest absolute Gasteiger partial charge is 0.396 e. The zero-order chi connectivity index (χ0) is 60.0. The van der Waals surface area contributed by atoms with Crippen molar-refractivity contribution in [1.29, 1.82) is 0 Å². The van der Waals surface area contributed by atoms with Gasteiger partial charge in [-0.1, -0.05) is 81.1 Å². The van der Waals surface area contributed by atoms with E-state index in [1.807, 2.05) is 30.5 Å². The average Bonchev–Trinajstić information content (AvgIpc) is 3.62. The van der Waals surface area contributed by atoms with Crippen LogP contribution in [0.25, 0.3) is 0 Å². The van der Waals surface area contributed by atoms with Crippen LogP contribution in [0, 0.1) is 27.9 Å². The first kappa shape index (κ1) is 72.6. The highest BCUT2D eigenvalue weighted by atomic mass is 35.5. The van der Waals surface area contributed by atoms with Crippen LogP contribution >= 0.6 is 46.4 Å². The number of anilines is 4. The van der Waals surface area contributed by atoms with Crippen LogP contribution < -0.4 is 26.2 Å². The highest BCUT2D eigenvalue weighted by Gasteiger charge is 2.25. The number of nitrogens with one attached hydrogen (secondary N) is 2. The van der Waals surface area contributed by atoms with Crippen molar-refractivity contribution in [2.24, 2.45) is 17.8 Å². The number of nitrogens with two attached hydrogens (primary N) is 1. The summed E-state index contributed by atoms with van der Waals surface area (Å²) in [6.45, 7) is 18.5. The standard InChI is InChI=1S/C24H31ClN4O.C17H28N4.C12H24N2.C7H4Cl2O.C5H3ClN2O2.2CH4/c25-21-7-4-6-20(18-21)24(30)27-22-8-5-12-26-23(22)29-16-10-19(11-17-29)9-15-28-13-2-1-3-14-28;18-16-5-4-9-19-17(16)21-13-7-15(8-14-21)6-12-20-10-2-1-3-11-20;1-2-9-14(10-3-1)11-6-12-4-7-13-8-5-12;8-6-3-1-2-5(4-6)7(9)10;6-5-4(8(9)10)2-1-3-7-5;;/h4-8,12,18-19H,1-3,9-11,13-17H2,(H,27,30);4-5,9,15H,1-3,6-8,10-14,18H2;12-13H,1-11H2;1-4H;1-3H;2*1H4. The number of carbonyl (C=O) groups excluding carboxylic acids is 2. The maximum Gasteiger partial charge on any atom is 0.306 e. The minimum Gasteiger partial charge on any atom is -0.396 e. The van der Waals surface area contributed by atoms with Gasteiger partial charge in [-0.05, 0) is 264 Å². The van der Waals surface area contributed by atoms with Crippen LogP contribution in [0.1, 0.15) is 151 Å². The lowest BCUT2D eigenvalue weighted by molar-refractivity contribution is -0.385. The van der Waals surface area contributed by atoms with E-state index >= 15 is 0 Å². The summed E-state index contributed by atoms with van der Waals surface area (Å²) in [4.78, 5) is 57.9. The van der Waals surface area contributed by atoms with Crippen molar-refractivity contribution in [3.63, 3.8) is 0 Å². The molecule has 2 aromatic carbocycles. The molecule has 0 bridgehead atoms. The van der Waals surface area contributed by atoms with E-state index in [2.05, 4.69) is 50.1 Å². The first-order chi connectivity index (χ1) is 41.4. The Morgan fingerprint density at radius 3 is 1.41 bits per heavy atom. The Bertz CT molecular complexity index is 2740. The van der Waals surface area contributed by atoms with Gasteiger partial charge in [-0.15, -0.1) is 0 Å². The predicted molar refractivity (Wildman–Crippen MR) is 363 cm³/mol. The average molecular weight is 1280 g/mol. The fourth-order valence-corrected chi connectivity index (χ4v) is 12.7. The third-order valence-corrected chi connectivity index (χ3v) is 18.1. The van der Waals surface area contributed by atoms with Crippen LogP contribution in [-0.4, -0.2) is 144 Å². The van der Waals surface area contributed by atoms with Gasteiger partial charge in [0.25, 0.3) is 11.1 Å². The van der Waals surface area contributed by atoms with E-state index in [1.54, 1.807) is 48.7 Å². The monoisotopic (exact) mass is 1270 g/mol. The van der Waals surface area contributed by atoms with Crippen molar-refractivity contribution in [2.45, 2.75) is 130 Å². The van der Waals surface area contributed by atoms with E-state index in [1.165, 1.54) is 212 Å². The van der Waals surface area contributed by atoms with E-state index < -0.39 is 10.2 Å². The Morgan fingerprint density at radius 1 is 0.552 bits per heavy atom. The van der Waals surface area contributed by atoms with Crippen molar-refractivity contribution >= 4 is 86.3 Å². The molecule has 16 nitrogen and oxygen atoms in total. The molecule has 0 radical (unpaired) electrons. The Balaban J connectivity index is 0.000000211. The molecular formula is C67H98Cl4N12O4. The van der Waals surface area contributed by atoms with E-state index in [4.69, 9.17) is 52.1 Å². The molecule has 3 aromatic heterocycles. The van der Waals surface area contributed by atoms with Gasteiger partial charge in [-0.3, -0.25) is 19.7 Å². The summed E-state index contributed by atoms with van der Waals surface area (Å²) < 4.78 is 0. The lowest BCUT2D eigenvalue weighted by atomic mass is 9.93. The second-order valence-corrected chi connectivity index (χ2v) is 24.8. The van der Waals surface area contributed by atoms with Gasteiger partial charge in [0, 0.05) is 72.0 Å². The maximum atomic E-state index is 12.7. The van der Waals surface area contributed by atoms with Gasteiger partial charge in [0.2, 0.25) is 5.15 Å². The number of amides is 1. The quantitative estimate of drug-likeness (QED) is 0.0390. The summed E-state index contributed by atoms with van der Waals surface area (Å²) in [6, 6.07) is 23.9. The molecule has 6 saturated heterocycles. The number of piperidine rings is 6. The number of aromatic nitrogens is 3. The third-order valence-electron chi connectivity index (χ3n) is 17.1. The Labute approximate surface area is 539 Å². The normalized spacial score (nSPS) is 18.0. The van der Waals surface area contributed by atoms with Crippen molar-refractivity contribution in [2.75, 3.05) is 119 Å². The summed E-state index contributed by atoms with van der Waals surface area (Å²) >= 11 is 22.2. The van der Waals surface area contributed by atoms with Gasteiger partial charge >= 0.3 is 5.69 Å². The zero-order valence-corrected chi connectivity index (χ0v) is 52.7. The summed E-state index contributed by atoms with van der Waals surface area (Å²) in [5.41, 5.74) is 8.41. The topological polar surface area (TPSA) is 182 Å². The highest BCUT2D eigenvalue weighted by Crippen LogP contribution is 2.31. The molecule has 5 aromatic rings. The fourth-order valence-electron chi connectivity index (χ4n) is 12.1. The van der Waals surface area contributed by atoms with Crippen molar-refractivity contribution in [1.82, 2.24) is 35.0 Å². The molecule has 0 unspecified atom stereocenters. The van der Waals surface area contributed by atoms with Crippen LogP contribution in [0.2, 0.25) is 15.2 Å². The Kier molecular flexibility index (Phi) is 33.8. The molecule has 6 fully saturated rings. The number of halogens is 4. The first-order valence-electron chi connectivity index (χ1n) is 31.2. The second-order valence-electron chi connectivity index (χ2n) is 23.2. The third kappa shape index (κ3) is 26.1. The Hall–Kier alpha value is -5.17. The van der Waals surface area contributed by atoms with E-state index in [0.29, 0.717) is 21.2 Å². The van der Waals surface area contributed by atoms with E-state index in [0.717, 1.165) is 66.9 Å². The van der Waals surface area contributed by atoms with Crippen molar-refractivity contribution < 1.29 is 14.5 Å². The number of hydrogen-bond acceptors (Lipinski definition) is 14. The number of nitrogens with zero attached hydrogens (tertiary/aromatic N) is 9. The fraction of sp³-hybridized carbons (Fsp3) is 0.567. The number of nitrogen functional groups attached to an aromatic ring is 1. The molecule has 20 heteroatoms. The van der Waals surface area contributed by atoms with Gasteiger partial charge in [0.15, 0.2) is 11.6 Å². The SMILES string of the molecule is C.C.C1CCN(CCC2CCNCC2)CC1.Nc1cccnc1N1CCC(CCN2CCCCC2)CC1.O=C(Cl)c1cccc(Cl)c1.O=C(Nc1cccnc1N1CCC(CCN2CCCCC2)CC1)c1cccc(Cl)c1.O=[N+]([O-])c1cccnc1Cl. The van der Waals surface area contributed by atoms with Gasteiger partial charge in [0.05, 0.1) is 16.3 Å². The molecule has 9 heterocycles. The molecule has 11 rings (SSSR count). The van der Waals surface area contributed by atoms with E-state index in [9.17, 15) is 19.7 Å². The molecule has 4 N–H and O–H groups in total. The summed E-state index contributed by atoms with van der Waals surface area (Å²) in [6.07, 6.45) is 29.6. The number of hydrogen-bond donors (Lipinski definition) is 3. The molecule has 0 atom stereocenters. The molecule has 0 aliphatic carbocycles. The highest BCUT2D eigenvalue weighted by molar-refractivity contribution is 6.67. The van der Waals surface area contributed by atoms with Crippen LogP contribution in [0.15, 0.2) is 104 Å². The lowest BCUT2D eigenvalue weighted by Crippen LogP contribution is -2.37. The number of carbonyl (C=O) groups is 2.